The number of rotatable bonds is 7. The van der Waals surface area contributed by atoms with Crippen LogP contribution in [0.5, 0.6) is 0 Å². The van der Waals surface area contributed by atoms with Gasteiger partial charge in [0.15, 0.2) is 0 Å². The number of amides is 2. The molecule has 1 aliphatic heterocycles. The lowest BCUT2D eigenvalue weighted by Crippen LogP contribution is -2.58. The predicted molar refractivity (Wildman–Crippen MR) is 103 cm³/mol. The maximum absolute atomic E-state index is 13.5. The summed E-state index contributed by atoms with van der Waals surface area (Å²) in [7, 11) is 0. The van der Waals surface area contributed by atoms with Crippen LogP contribution in [0.2, 0.25) is 0 Å². The second kappa shape index (κ2) is 9.39. The van der Waals surface area contributed by atoms with Crippen molar-refractivity contribution >= 4 is 23.2 Å². The molecule has 0 fully saturated rings. The van der Waals surface area contributed by atoms with Crippen LogP contribution in [0.15, 0.2) is 29.4 Å². The monoisotopic (exact) mass is 413 g/mol. The molecule has 1 heterocycles. The highest BCUT2D eigenvalue weighted by atomic mass is 19.4. The Balaban J connectivity index is 2.15. The number of benzene rings is 1. The molecule has 0 spiro atoms. The van der Waals surface area contributed by atoms with E-state index in [4.69, 9.17) is 0 Å². The van der Waals surface area contributed by atoms with E-state index in [0.29, 0.717) is 6.42 Å². The molecule has 160 valence electrons. The molecule has 6 nitrogen and oxygen atoms in total. The van der Waals surface area contributed by atoms with E-state index in [1.807, 2.05) is 13.8 Å². The number of alkyl halides is 3. The highest BCUT2D eigenvalue weighted by molar-refractivity contribution is 6.39. The van der Waals surface area contributed by atoms with Gasteiger partial charge < -0.3 is 10.4 Å². The first kappa shape index (κ1) is 22.9. The first-order chi connectivity index (χ1) is 13.6. The summed E-state index contributed by atoms with van der Waals surface area (Å²) in [6.45, 7) is 3.95. The highest BCUT2D eigenvalue weighted by Crippen LogP contribution is 2.41. The summed E-state index contributed by atoms with van der Waals surface area (Å²) < 4.78 is 40.5. The Kier molecular flexibility index (Phi) is 7.40. The molecule has 1 aliphatic rings. The van der Waals surface area contributed by atoms with Crippen LogP contribution in [-0.4, -0.2) is 39.5 Å². The second-order valence-corrected chi connectivity index (χ2v) is 7.09. The van der Waals surface area contributed by atoms with E-state index in [1.54, 1.807) is 24.3 Å². The fourth-order valence-electron chi connectivity index (χ4n) is 3.05. The molecule has 1 aromatic rings. The molecule has 1 unspecified atom stereocenters. The van der Waals surface area contributed by atoms with Crippen LogP contribution < -0.4 is 5.32 Å². The van der Waals surface area contributed by atoms with E-state index in [-0.39, 0.29) is 22.8 Å². The molecule has 29 heavy (non-hydrogen) atoms. The van der Waals surface area contributed by atoms with Crippen molar-refractivity contribution in [3.8, 4) is 0 Å². The first-order valence-corrected chi connectivity index (χ1v) is 9.72. The fourth-order valence-corrected chi connectivity index (χ4v) is 3.05. The normalized spacial score (nSPS) is 19.2. The van der Waals surface area contributed by atoms with E-state index >= 15 is 0 Å². The third-order valence-corrected chi connectivity index (χ3v) is 4.82. The zero-order chi connectivity index (χ0) is 21.7. The first-order valence-electron chi connectivity index (χ1n) is 9.72. The van der Waals surface area contributed by atoms with E-state index in [1.165, 1.54) is 0 Å². The molecule has 0 radical (unpaired) electrons. The fraction of sp³-hybridized carbons (Fsp3) is 0.550. The lowest BCUT2D eigenvalue weighted by atomic mass is 10.0. The minimum atomic E-state index is -5.15. The molecule has 2 rings (SSSR count). The number of carbonyl (C=O) groups excluding carboxylic acids is 2. The van der Waals surface area contributed by atoms with Gasteiger partial charge in [-0.2, -0.15) is 23.3 Å². The van der Waals surface area contributed by atoms with Crippen molar-refractivity contribution in [2.24, 2.45) is 5.10 Å². The average Bonchev–Trinajstić information content (AvgIpc) is 3.03. The molecule has 0 saturated carbocycles. The van der Waals surface area contributed by atoms with Crippen molar-refractivity contribution in [3.05, 3.63) is 29.8 Å². The van der Waals surface area contributed by atoms with E-state index in [0.717, 1.165) is 31.2 Å². The largest absolute Gasteiger partial charge is 0.438 e. The summed E-state index contributed by atoms with van der Waals surface area (Å²) in [5.74, 6) is -2.86. The van der Waals surface area contributed by atoms with Gasteiger partial charge in [-0.1, -0.05) is 45.2 Å². The van der Waals surface area contributed by atoms with Crippen LogP contribution in [0.1, 0.15) is 57.9 Å². The van der Waals surface area contributed by atoms with Crippen LogP contribution in [0.4, 0.5) is 18.9 Å². The molecule has 0 aromatic heterocycles. The third-order valence-electron chi connectivity index (χ3n) is 4.82. The molecule has 1 atom stereocenters. The minimum absolute atomic E-state index is 0.0503. The van der Waals surface area contributed by atoms with Crippen LogP contribution in [-0.2, 0) is 16.0 Å². The number of aliphatic hydroxyl groups is 1. The molecule has 2 amide bonds. The summed E-state index contributed by atoms with van der Waals surface area (Å²) in [5, 5.41) is 16.0. The number of hydrogen-bond donors (Lipinski definition) is 2. The van der Waals surface area contributed by atoms with Crippen LogP contribution in [0, 0.1) is 0 Å². The van der Waals surface area contributed by atoms with Crippen molar-refractivity contribution in [2.45, 2.75) is 70.7 Å². The van der Waals surface area contributed by atoms with E-state index < -0.39 is 30.1 Å². The van der Waals surface area contributed by atoms with Gasteiger partial charge in [-0.05, 0) is 37.0 Å². The number of nitrogens with one attached hydrogen (secondary N) is 1. The number of halogens is 3. The molecule has 0 aliphatic carbocycles. The second-order valence-electron chi connectivity index (χ2n) is 7.09. The van der Waals surface area contributed by atoms with E-state index in [9.17, 15) is 27.9 Å². The quantitative estimate of drug-likeness (QED) is 0.524. The number of anilines is 1. The summed E-state index contributed by atoms with van der Waals surface area (Å²) in [6, 6.07) is 6.56. The average molecular weight is 413 g/mol. The zero-order valence-electron chi connectivity index (χ0n) is 16.6. The number of hydrazone groups is 1. The topological polar surface area (TPSA) is 82.0 Å². The van der Waals surface area contributed by atoms with Crippen LogP contribution >= 0.6 is 0 Å². The molecule has 2 N–H and O–H groups in total. The Labute approximate surface area is 167 Å². The maximum atomic E-state index is 13.5. The van der Waals surface area contributed by atoms with Gasteiger partial charge in [-0.3, -0.25) is 9.59 Å². The molecule has 1 aromatic carbocycles. The summed E-state index contributed by atoms with van der Waals surface area (Å²) in [6.07, 6.45) is -1.72. The molecular formula is C20H26F3N3O3. The van der Waals surface area contributed by atoms with Gasteiger partial charge in [0.05, 0.1) is 0 Å². The lowest BCUT2D eigenvalue weighted by Gasteiger charge is -2.32. The predicted octanol–water partition coefficient (Wildman–Crippen LogP) is 4.00. The molecular weight excluding hydrogens is 387 g/mol. The number of hydrogen-bond acceptors (Lipinski definition) is 4. The Morgan fingerprint density at radius 3 is 2.38 bits per heavy atom. The Hall–Kier alpha value is -2.42. The number of carbonyl (C=O) groups is 2. The van der Waals surface area contributed by atoms with Crippen LogP contribution in [0.3, 0.4) is 0 Å². The molecule has 9 heteroatoms. The Bertz CT molecular complexity index is 762. The highest BCUT2D eigenvalue weighted by Gasteiger charge is 2.63. The number of nitrogens with zero attached hydrogens (tertiary/aromatic N) is 2. The third kappa shape index (κ3) is 5.35. The Morgan fingerprint density at radius 1 is 1.17 bits per heavy atom. The van der Waals surface area contributed by atoms with Crippen molar-refractivity contribution in [1.82, 2.24) is 5.01 Å². The Morgan fingerprint density at radius 2 is 1.83 bits per heavy atom. The smallest absolute Gasteiger partial charge is 0.362 e. The number of unbranched alkanes of at least 4 members (excludes halogenated alkanes) is 3. The molecule has 0 bridgehead atoms. The van der Waals surface area contributed by atoms with Gasteiger partial charge in [-0.15, -0.1) is 0 Å². The molecule has 0 saturated heterocycles. The van der Waals surface area contributed by atoms with Gasteiger partial charge in [0.2, 0.25) is 0 Å². The van der Waals surface area contributed by atoms with Crippen molar-refractivity contribution in [2.75, 3.05) is 5.32 Å². The van der Waals surface area contributed by atoms with Crippen molar-refractivity contribution < 1.29 is 27.9 Å². The standard InChI is InChI=1S/C20H26F3N3O3/c1-3-5-6-7-8-16-13-19(29,20(21,22)23)26(25-16)18(28)17(27)24-15-11-9-14(4-2)10-12-15/h9-12,29H,3-8,13H2,1-2H3,(H,24,27). The summed E-state index contributed by atoms with van der Waals surface area (Å²) in [5.41, 5.74) is -2.21. The van der Waals surface area contributed by atoms with Gasteiger partial charge in [-0.25, -0.2) is 0 Å². The number of aryl methyl sites for hydroxylation is 1. The van der Waals surface area contributed by atoms with Crippen molar-refractivity contribution in [3.63, 3.8) is 0 Å². The minimum Gasteiger partial charge on any atom is -0.362 e. The van der Waals surface area contributed by atoms with Gasteiger partial charge in [0.1, 0.15) is 0 Å². The zero-order valence-corrected chi connectivity index (χ0v) is 16.6. The van der Waals surface area contributed by atoms with Gasteiger partial charge in [0, 0.05) is 17.8 Å². The van der Waals surface area contributed by atoms with E-state index in [2.05, 4.69) is 10.4 Å². The van der Waals surface area contributed by atoms with Crippen LogP contribution in [0.25, 0.3) is 0 Å². The van der Waals surface area contributed by atoms with Gasteiger partial charge >= 0.3 is 18.0 Å². The SMILES string of the molecule is CCCCCCC1=NN(C(=O)C(=O)Nc2ccc(CC)cc2)C(O)(C(F)(F)F)C1. The lowest BCUT2D eigenvalue weighted by molar-refractivity contribution is -0.301. The summed E-state index contributed by atoms with van der Waals surface area (Å²) in [4.78, 5) is 24.6. The van der Waals surface area contributed by atoms with Crippen molar-refractivity contribution in [1.29, 1.82) is 0 Å². The maximum Gasteiger partial charge on any atom is 0.438 e. The van der Waals surface area contributed by atoms with Gasteiger partial charge in [0.25, 0.3) is 5.72 Å². The summed E-state index contributed by atoms with van der Waals surface area (Å²) >= 11 is 0.